The zero-order chi connectivity index (χ0) is 17.5. The molecule has 0 fully saturated rings. The Hall–Kier alpha value is -3.13. The summed E-state index contributed by atoms with van der Waals surface area (Å²) >= 11 is 0. The Morgan fingerprint density at radius 2 is 1.75 bits per heavy atom. The van der Waals surface area contributed by atoms with Crippen molar-refractivity contribution in [3.05, 3.63) is 65.2 Å². The fourth-order valence-corrected chi connectivity index (χ4v) is 2.03. The summed E-state index contributed by atoms with van der Waals surface area (Å²) in [6, 6.07) is 15.5. The Morgan fingerprint density at radius 1 is 1.12 bits per heavy atom. The topological polar surface area (TPSA) is 79.2 Å². The highest BCUT2D eigenvalue weighted by Gasteiger charge is 2.19. The summed E-state index contributed by atoms with van der Waals surface area (Å²) in [5.41, 5.74) is 2.57. The number of aryl methyl sites for hydroxylation is 1. The highest BCUT2D eigenvalue weighted by molar-refractivity contribution is 5.97. The van der Waals surface area contributed by atoms with Crippen molar-refractivity contribution in [3.8, 4) is 6.07 Å². The molecule has 24 heavy (non-hydrogen) atoms. The number of ether oxygens (including phenoxy) is 1. The lowest BCUT2D eigenvalue weighted by Gasteiger charge is -2.13. The van der Waals surface area contributed by atoms with Crippen LogP contribution < -0.4 is 5.32 Å². The molecule has 5 heteroatoms. The lowest BCUT2D eigenvalue weighted by atomic mass is 10.1. The third kappa shape index (κ3) is 4.43. The number of amides is 1. The van der Waals surface area contributed by atoms with E-state index in [1.54, 1.807) is 0 Å². The first-order valence-electron chi connectivity index (χ1n) is 7.64. The summed E-state index contributed by atoms with van der Waals surface area (Å²) < 4.78 is 5.15. The average molecular weight is 322 g/mol. The van der Waals surface area contributed by atoms with Gasteiger partial charge in [0.1, 0.15) is 0 Å². The Bertz CT molecular complexity index is 759. The van der Waals surface area contributed by atoms with Gasteiger partial charge in [0.2, 0.25) is 0 Å². The molecule has 5 nitrogen and oxygen atoms in total. The molecule has 0 aliphatic heterocycles. The van der Waals surface area contributed by atoms with Crippen LogP contribution >= 0.6 is 0 Å². The largest absolute Gasteiger partial charge is 0.449 e. The predicted octanol–water partition coefficient (Wildman–Crippen LogP) is 3.30. The number of carbonyl (C=O) groups excluding carboxylic acids is 2. The number of carbonyl (C=O) groups is 2. The van der Waals surface area contributed by atoms with Crippen LogP contribution in [0.3, 0.4) is 0 Å². The molecule has 2 rings (SSSR count). The molecule has 0 unspecified atom stereocenters. The number of anilines is 1. The van der Waals surface area contributed by atoms with Crippen LogP contribution in [0.15, 0.2) is 48.5 Å². The summed E-state index contributed by atoms with van der Waals surface area (Å²) in [5.74, 6) is -1.01. The van der Waals surface area contributed by atoms with Crippen molar-refractivity contribution in [1.82, 2.24) is 0 Å². The number of hydrogen-bond donors (Lipinski definition) is 1. The summed E-state index contributed by atoms with van der Waals surface area (Å²) in [4.78, 5) is 24.1. The van der Waals surface area contributed by atoms with E-state index >= 15 is 0 Å². The van der Waals surface area contributed by atoms with Gasteiger partial charge in [0.05, 0.1) is 17.2 Å². The molecule has 0 spiro atoms. The van der Waals surface area contributed by atoms with Gasteiger partial charge in [-0.1, -0.05) is 19.1 Å². The monoisotopic (exact) mass is 322 g/mol. The normalized spacial score (nSPS) is 11.2. The first kappa shape index (κ1) is 17.2. The van der Waals surface area contributed by atoms with E-state index in [0.717, 1.165) is 6.42 Å². The molecule has 0 saturated heterocycles. The molecule has 1 atom stereocenters. The predicted molar refractivity (Wildman–Crippen MR) is 90.5 cm³/mol. The van der Waals surface area contributed by atoms with Gasteiger partial charge in [0.15, 0.2) is 6.10 Å². The van der Waals surface area contributed by atoms with Crippen LogP contribution in [0.1, 0.15) is 35.3 Å². The fourth-order valence-electron chi connectivity index (χ4n) is 2.03. The molecular formula is C19H18N2O3. The molecular weight excluding hydrogens is 304 g/mol. The molecule has 2 aromatic carbocycles. The molecule has 0 saturated carbocycles. The number of nitriles is 1. The maximum absolute atomic E-state index is 12.1. The Kier molecular flexibility index (Phi) is 5.69. The SMILES string of the molecule is CCc1ccc(NC(=O)[C@@H](C)OC(=O)c2ccc(C#N)cc2)cc1. The number of nitrogens with one attached hydrogen (secondary N) is 1. The van der Waals surface area contributed by atoms with Gasteiger partial charge in [-0.2, -0.15) is 5.26 Å². The second-order valence-corrected chi connectivity index (χ2v) is 5.28. The van der Waals surface area contributed by atoms with Crippen LogP contribution in [0, 0.1) is 11.3 Å². The molecule has 122 valence electrons. The van der Waals surface area contributed by atoms with Crippen molar-refractivity contribution in [1.29, 1.82) is 5.26 Å². The molecule has 0 aliphatic carbocycles. The van der Waals surface area contributed by atoms with Gasteiger partial charge in [-0.25, -0.2) is 4.79 Å². The molecule has 0 bridgehead atoms. The van der Waals surface area contributed by atoms with Crippen molar-refractivity contribution in [2.75, 3.05) is 5.32 Å². The van der Waals surface area contributed by atoms with Gasteiger partial charge in [-0.3, -0.25) is 4.79 Å². The lowest BCUT2D eigenvalue weighted by molar-refractivity contribution is -0.123. The summed E-state index contributed by atoms with van der Waals surface area (Å²) in [7, 11) is 0. The Balaban J connectivity index is 1.94. The maximum Gasteiger partial charge on any atom is 0.338 e. The maximum atomic E-state index is 12.1. The van der Waals surface area contributed by atoms with Crippen molar-refractivity contribution in [2.24, 2.45) is 0 Å². The van der Waals surface area contributed by atoms with Gasteiger partial charge < -0.3 is 10.1 Å². The zero-order valence-corrected chi connectivity index (χ0v) is 13.6. The molecule has 0 aliphatic rings. The molecule has 2 aromatic rings. The number of benzene rings is 2. The Morgan fingerprint density at radius 3 is 2.29 bits per heavy atom. The second-order valence-electron chi connectivity index (χ2n) is 5.28. The van der Waals surface area contributed by atoms with Crippen LogP contribution in [-0.4, -0.2) is 18.0 Å². The molecule has 0 aromatic heterocycles. The number of rotatable bonds is 5. The molecule has 1 amide bonds. The van der Waals surface area contributed by atoms with E-state index in [9.17, 15) is 9.59 Å². The summed E-state index contributed by atoms with van der Waals surface area (Å²) in [6.07, 6.45) is -0.00804. The van der Waals surface area contributed by atoms with Gasteiger partial charge in [0.25, 0.3) is 5.91 Å². The zero-order valence-electron chi connectivity index (χ0n) is 13.6. The quantitative estimate of drug-likeness (QED) is 0.857. The van der Waals surface area contributed by atoms with E-state index in [1.807, 2.05) is 30.3 Å². The van der Waals surface area contributed by atoms with E-state index in [-0.39, 0.29) is 0 Å². The average Bonchev–Trinajstić information content (AvgIpc) is 2.62. The molecule has 0 radical (unpaired) electrons. The van der Waals surface area contributed by atoms with Crippen LogP contribution in [0.5, 0.6) is 0 Å². The highest BCUT2D eigenvalue weighted by Crippen LogP contribution is 2.12. The highest BCUT2D eigenvalue weighted by atomic mass is 16.5. The third-order valence-electron chi connectivity index (χ3n) is 3.53. The Labute approximate surface area is 140 Å². The van der Waals surface area contributed by atoms with E-state index in [2.05, 4.69) is 12.2 Å². The van der Waals surface area contributed by atoms with E-state index < -0.39 is 18.0 Å². The van der Waals surface area contributed by atoms with Crippen LogP contribution in [0.2, 0.25) is 0 Å². The fraction of sp³-hybridized carbons (Fsp3) is 0.211. The van der Waals surface area contributed by atoms with Crippen molar-refractivity contribution < 1.29 is 14.3 Å². The third-order valence-corrected chi connectivity index (χ3v) is 3.53. The molecule has 0 heterocycles. The van der Waals surface area contributed by atoms with E-state index in [0.29, 0.717) is 16.8 Å². The van der Waals surface area contributed by atoms with E-state index in [4.69, 9.17) is 10.00 Å². The van der Waals surface area contributed by atoms with Crippen LogP contribution in [0.4, 0.5) is 5.69 Å². The standard InChI is InChI=1S/C19H18N2O3/c1-3-14-6-10-17(11-7-14)21-18(22)13(2)24-19(23)16-8-4-15(12-20)5-9-16/h4-11,13H,3H2,1-2H3,(H,21,22)/t13-/m1/s1. The molecule has 1 N–H and O–H groups in total. The van der Waals surface area contributed by atoms with E-state index in [1.165, 1.54) is 36.8 Å². The number of esters is 1. The number of nitrogens with zero attached hydrogens (tertiary/aromatic N) is 1. The smallest absolute Gasteiger partial charge is 0.338 e. The minimum atomic E-state index is -0.931. The minimum absolute atomic E-state index is 0.293. The van der Waals surface area contributed by atoms with Crippen molar-refractivity contribution in [2.45, 2.75) is 26.4 Å². The summed E-state index contributed by atoms with van der Waals surface area (Å²) in [6.45, 7) is 3.57. The number of hydrogen-bond acceptors (Lipinski definition) is 4. The first-order chi connectivity index (χ1) is 11.5. The van der Waals surface area contributed by atoms with Gasteiger partial charge >= 0.3 is 5.97 Å². The van der Waals surface area contributed by atoms with Crippen molar-refractivity contribution >= 4 is 17.6 Å². The first-order valence-corrected chi connectivity index (χ1v) is 7.64. The van der Waals surface area contributed by atoms with Gasteiger partial charge in [-0.05, 0) is 55.3 Å². The van der Waals surface area contributed by atoms with Gasteiger partial charge in [0, 0.05) is 5.69 Å². The minimum Gasteiger partial charge on any atom is -0.449 e. The lowest BCUT2D eigenvalue weighted by Crippen LogP contribution is -2.30. The van der Waals surface area contributed by atoms with Crippen molar-refractivity contribution in [3.63, 3.8) is 0 Å². The van der Waals surface area contributed by atoms with Crippen LogP contribution in [-0.2, 0) is 16.0 Å². The van der Waals surface area contributed by atoms with Crippen LogP contribution in [0.25, 0.3) is 0 Å². The second kappa shape index (κ2) is 7.93. The van der Waals surface area contributed by atoms with Gasteiger partial charge in [-0.15, -0.1) is 0 Å². The summed E-state index contributed by atoms with van der Waals surface area (Å²) in [5, 5.41) is 11.4.